The second-order valence-corrected chi connectivity index (χ2v) is 8.22. The van der Waals surface area contributed by atoms with Crippen molar-refractivity contribution in [3.8, 4) is 0 Å². The summed E-state index contributed by atoms with van der Waals surface area (Å²) < 4.78 is 33.5. The maximum Gasteiger partial charge on any atom is 0.261 e. The van der Waals surface area contributed by atoms with Crippen molar-refractivity contribution < 1.29 is 17.6 Å². The minimum absolute atomic E-state index is 0.107. The van der Waals surface area contributed by atoms with Crippen LogP contribution in [0.25, 0.3) is 11.1 Å². The minimum Gasteiger partial charge on any atom is -0.440 e. The highest BCUT2D eigenvalue weighted by molar-refractivity contribution is 7.92. The van der Waals surface area contributed by atoms with Gasteiger partial charge < -0.3 is 9.73 Å². The molecular weight excluding hydrogens is 354 g/mol. The number of rotatable bonds is 4. The van der Waals surface area contributed by atoms with Gasteiger partial charge in [-0.05, 0) is 42.0 Å². The average molecular weight is 371 g/mol. The predicted molar refractivity (Wildman–Crippen MR) is 97.7 cm³/mol. The first kappa shape index (κ1) is 16.6. The van der Waals surface area contributed by atoms with Gasteiger partial charge in [0, 0.05) is 11.6 Å². The van der Waals surface area contributed by atoms with Gasteiger partial charge in [0.2, 0.25) is 5.91 Å². The summed E-state index contributed by atoms with van der Waals surface area (Å²) in [6, 6.07) is 9.55. The van der Waals surface area contributed by atoms with Gasteiger partial charge in [0.05, 0.1) is 17.0 Å². The van der Waals surface area contributed by atoms with E-state index in [1.165, 1.54) is 12.1 Å². The summed E-state index contributed by atoms with van der Waals surface area (Å²) in [4.78, 5) is 15.9. The zero-order chi connectivity index (χ0) is 18.5. The molecule has 0 spiro atoms. The number of anilines is 2. The maximum atomic E-state index is 12.7. The summed E-state index contributed by atoms with van der Waals surface area (Å²) in [7, 11) is -3.78. The quantitative estimate of drug-likeness (QED) is 0.733. The third-order valence-corrected chi connectivity index (χ3v) is 5.54. The van der Waals surface area contributed by atoms with Crippen molar-refractivity contribution in [2.75, 3.05) is 10.0 Å². The summed E-state index contributed by atoms with van der Waals surface area (Å²) in [5.74, 6) is 0.612. The third kappa shape index (κ3) is 2.92. The van der Waals surface area contributed by atoms with Gasteiger partial charge in [-0.25, -0.2) is 13.4 Å². The Morgan fingerprint density at radius 2 is 2.00 bits per heavy atom. The summed E-state index contributed by atoms with van der Waals surface area (Å²) in [5.41, 5.74) is 2.93. The molecular formula is C18H17N3O4S. The molecule has 0 bridgehead atoms. The largest absolute Gasteiger partial charge is 0.440 e. The van der Waals surface area contributed by atoms with E-state index in [1.54, 1.807) is 24.3 Å². The number of sulfonamides is 1. The number of carbonyl (C=O) groups excluding carboxylic acids is 1. The van der Waals surface area contributed by atoms with Gasteiger partial charge in [0.1, 0.15) is 5.52 Å². The molecule has 4 rings (SSSR count). The van der Waals surface area contributed by atoms with Crippen LogP contribution in [0.15, 0.2) is 45.7 Å². The SMILES string of the molecule is CC(C)c1nc2cc(NS(=O)(=O)c3ccc4c(c3)CC(=O)N4)ccc2o1. The molecule has 2 aromatic carbocycles. The van der Waals surface area contributed by atoms with Crippen molar-refractivity contribution in [3.63, 3.8) is 0 Å². The number of aromatic nitrogens is 1. The van der Waals surface area contributed by atoms with Gasteiger partial charge in [-0.15, -0.1) is 0 Å². The van der Waals surface area contributed by atoms with Gasteiger partial charge in [-0.1, -0.05) is 13.8 Å². The van der Waals surface area contributed by atoms with E-state index >= 15 is 0 Å². The standard InChI is InChI=1S/C18H17N3O4S/c1-10(2)18-20-15-9-12(3-6-16(15)25-18)21-26(23,24)13-4-5-14-11(7-13)8-17(22)19-14/h3-7,9-10,21H,8H2,1-2H3,(H,19,22). The molecule has 0 saturated heterocycles. The van der Waals surface area contributed by atoms with Crippen LogP contribution in [0.2, 0.25) is 0 Å². The van der Waals surface area contributed by atoms with Gasteiger partial charge in [0.25, 0.3) is 10.0 Å². The van der Waals surface area contributed by atoms with Crippen molar-refractivity contribution >= 4 is 38.4 Å². The Kier molecular flexibility index (Phi) is 3.73. The number of hydrogen-bond acceptors (Lipinski definition) is 5. The molecule has 1 aliphatic heterocycles. The lowest BCUT2D eigenvalue weighted by atomic mass is 10.2. The number of carbonyl (C=O) groups is 1. The predicted octanol–water partition coefficient (Wildman–Crippen LogP) is 3.25. The van der Waals surface area contributed by atoms with Crippen molar-refractivity contribution in [1.82, 2.24) is 4.98 Å². The Morgan fingerprint density at radius 3 is 2.77 bits per heavy atom. The number of hydrogen-bond donors (Lipinski definition) is 2. The molecule has 0 aliphatic carbocycles. The van der Waals surface area contributed by atoms with E-state index in [2.05, 4.69) is 15.0 Å². The molecule has 0 unspecified atom stereocenters. The Balaban J connectivity index is 1.64. The molecule has 0 radical (unpaired) electrons. The highest BCUT2D eigenvalue weighted by Gasteiger charge is 2.22. The van der Waals surface area contributed by atoms with E-state index < -0.39 is 10.0 Å². The molecule has 7 nitrogen and oxygen atoms in total. The van der Waals surface area contributed by atoms with Crippen molar-refractivity contribution in [2.24, 2.45) is 0 Å². The van der Waals surface area contributed by atoms with E-state index in [4.69, 9.17) is 4.42 Å². The second kappa shape index (κ2) is 5.84. The first-order chi connectivity index (χ1) is 12.3. The molecule has 1 amide bonds. The highest BCUT2D eigenvalue weighted by atomic mass is 32.2. The van der Waals surface area contributed by atoms with Crippen LogP contribution in [0.1, 0.15) is 31.2 Å². The topological polar surface area (TPSA) is 101 Å². The fourth-order valence-electron chi connectivity index (χ4n) is 2.84. The fourth-order valence-corrected chi connectivity index (χ4v) is 3.94. The monoisotopic (exact) mass is 371 g/mol. The number of oxazole rings is 1. The van der Waals surface area contributed by atoms with Crippen molar-refractivity contribution in [2.45, 2.75) is 31.1 Å². The van der Waals surface area contributed by atoms with Crippen molar-refractivity contribution in [3.05, 3.63) is 47.9 Å². The smallest absolute Gasteiger partial charge is 0.261 e. The Hall–Kier alpha value is -2.87. The molecule has 8 heteroatoms. The third-order valence-electron chi connectivity index (χ3n) is 4.16. The number of fused-ring (bicyclic) bond motifs is 2. The van der Waals surface area contributed by atoms with Crippen LogP contribution in [-0.2, 0) is 21.2 Å². The molecule has 0 fully saturated rings. The number of nitrogens with one attached hydrogen (secondary N) is 2. The van der Waals surface area contributed by atoms with E-state index in [1.807, 2.05) is 13.8 Å². The number of nitrogens with zero attached hydrogens (tertiary/aromatic N) is 1. The van der Waals surface area contributed by atoms with Gasteiger partial charge in [-0.2, -0.15) is 0 Å². The zero-order valence-electron chi connectivity index (χ0n) is 14.2. The van der Waals surface area contributed by atoms with E-state index in [9.17, 15) is 13.2 Å². The average Bonchev–Trinajstić information content (AvgIpc) is 3.15. The Bertz CT molecular complexity index is 1130. The van der Waals surface area contributed by atoms with Crippen LogP contribution in [-0.4, -0.2) is 19.3 Å². The lowest BCUT2D eigenvalue weighted by molar-refractivity contribution is -0.115. The van der Waals surface area contributed by atoms with Gasteiger partial charge in [0.15, 0.2) is 11.5 Å². The lowest BCUT2D eigenvalue weighted by Crippen LogP contribution is -2.13. The number of benzene rings is 2. The van der Waals surface area contributed by atoms with Crippen LogP contribution in [0, 0.1) is 0 Å². The van der Waals surface area contributed by atoms with Gasteiger partial charge in [-0.3, -0.25) is 9.52 Å². The second-order valence-electron chi connectivity index (χ2n) is 6.54. The Morgan fingerprint density at radius 1 is 1.19 bits per heavy atom. The van der Waals surface area contributed by atoms with Crippen LogP contribution in [0.5, 0.6) is 0 Å². The molecule has 26 heavy (non-hydrogen) atoms. The maximum absolute atomic E-state index is 12.7. The molecule has 2 heterocycles. The molecule has 0 saturated carbocycles. The van der Waals surface area contributed by atoms with Crippen LogP contribution in [0.3, 0.4) is 0 Å². The van der Waals surface area contributed by atoms with Crippen LogP contribution in [0.4, 0.5) is 11.4 Å². The van der Waals surface area contributed by atoms with E-state index in [-0.39, 0.29) is 23.1 Å². The molecule has 1 aromatic heterocycles. The minimum atomic E-state index is -3.78. The molecule has 0 atom stereocenters. The van der Waals surface area contributed by atoms with E-state index in [0.717, 1.165) is 0 Å². The molecule has 1 aliphatic rings. The first-order valence-corrected chi connectivity index (χ1v) is 9.66. The first-order valence-electron chi connectivity index (χ1n) is 8.18. The van der Waals surface area contributed by atoms with Crippen molar-refractivity contribution in [1.29, 1.82) is 0 Å². The van der Waals surface area contributed by atoms with Crippen LogP contribution >= 0.6 is 0 Å². The zero-order valence-corrected chi connectivity index (χ0v) is 15.1. The van der Waals surface area contributed by atoms with Crippen LogP contribution < -0.4 is 10.0 Å². The lowest BCUT2D eigenvalue weighted by Gasteiger charge is -2.09. The molecule has 3 aromatic rings. The highest BCUT2D eigenvalue weighted by Crippen LogP contribution is 2.28. The normalized spacial score (nSPS) is 13.9. The Labute approximate surface area is 150 Å². The van der Waals surface area contributed by atoms with E-state index in [0.29, 0.717) is 33.9 Å². The number of amides is 1. The summed E-state index contributed by atoms with van der Waals surface area (Å²) >= 11 is 0. The fraction of sp³-hybridized carbons (Fsp3) is 0.222. The summed E-state index contributed by atoms with van der Waals surface area (Å²) in [6.45, 7) is 3.95. The van der Waals surface area contributed by atoms with Gasteiger partial charge >= 0.3 is 0 Å². The summed E-state index contributed by atoms with van der Waals surface area (Å²) in [5, 5.41) is 2.68. The molecule has 134 valence electrons. The molecule has 2 N–H and O–H groups in total. The summed E-state index contributed by atoms with van der Waals surface area (Å²) in [6.07, 6.45) is 0.182.